The van der Waals surface area contributed by atoms with E-state index >= 15 is 0 Å². The summed E-state index contributed by atoms with van der Waals surface area (Å²) in [6, 6.07) is 2.36. The molecule has 0 heterocycles. The lowest BCUT2D eigenvalue weighted by molar-refractivity contribution is 0.466. The van der Waals surface area contributed by atoms with E-state index in [0.717, 1.165) is 0 Å². The van der Waals surface area contributed by atoms with Gasteiger partial charge in [0.15, 0.2) is 0 Å². The van der Waals surface area contributed by atoms with Gasteiger partial charge in [-0.2, -0.15) is 0 Å². The molecule has 0 aromatic heterocycles. The van der Waals surface area contributed by atoms with Crippen molar-refractivity contribution in [3.05, 3.63) is 29.3 Å². The summed E-state index contributed by atoms with van der Waals surface area (Å²) in [5, 5.41) is 0. The molecule has 1 rings (SSSR count). The fraction of sp³-hybridized carbons (Fsp3) is 0.400. The molecule has 1 unspecified atom stereocenters. The summed E-state index contributed by atoms with van der Waals surface area (Å²) in [6.07, 6.45) is 0.593. The van der Waals surface area contributed by atoms with Crippen molar-refractivity contribution in [2.75, 3.05) is 5.73 Å². The van der Waals surface area contributed by atoms with Crippen LogP contribution in [0.1, 0.15) is 25.8 Å². The standard InChI is InChI=1S/C10H14F2N2/c1-3-10(2,14)6-4-7(11)9(13)8(12)5-6/h4-5H,3,13-14H2,1-2H3. The zero-order valence-corrected chi connectivity index (χ0v) is 8.27. The van der Waals surface area contributed by atoms with Crippen molar-refractivity contribution in [3.8, 4) is 0 Å². The van der Waals surface area contributed by atoms with Gasteiger partial charge in [-0.15, -0.1) is 0 Å². The van der Waals surface area contributed by atoms with Crippen LogP contribution in [0.15, 0.2) is 12.1 Å². The summed E-state index contributed by atoms with van der Waals surface area (Å²) in [4.78, 5) is 0. The molecule has 4 heteroatoms. The first-order valence-corrected chi connectivity index (χ1v) is 4.42. The van der Waals surface area contributed by atoms with Crippen LogP contribution in [0, 0.1) is 11.6 Å². The van der Waals surface area contributed by atoms with Gasteiger partial charge in [0.1, 0.15) is 17.3 Å². The minimum absolute atomic E-state index is 0.421. The van der Waals surface area contributed by atoms with Crippen LogP contribution in [-0.2, 0) is 5.54 Å². The van der Waals surface area contributed by atoms with Crippen molar-refractivity contribution >= 4 is 5.69 Å². The molecule has 0 bridgehead atoms. The number of rotatable bonds is 2. The van der Waals surface area contributed by atoms with Crippen LogP contribution < -0.4 is 11.5 Å². The topological polar surface area (TPSA) is 52.0 Å². The van der Waals surface area contributed by atoms with E-state index in [1.807, 2.05) is 6.92 Å². The van der Waals surface area contributed by atoms with E-state index in [2.05, 4.69) is 0 Å². The lowest BCUT2D eigenvalue weighted by Crippen LogP contribution is -2.32. The van der Waals surface area contributed by atoms with Crippen LogP contribution in [0.3, 0.4) is 0 Å². The van der Waals surface area contributed by atoms with Crippen molar-refractivity contribution in [2.45, 2.75) is 25.8 Å². The highest BCUT2D eigenvalue weighted by Gasteiger charge is 2.21. The molecule has 0 saturated heterocycles. The van der Waals surface area contributed by atoms with Gasteiger partial charge in [-0.25, -0.2) is 8.78 Å². The van der Waals surface area contributed by atoms with Crippen molar-refractivity contribution in [1.29, 1.82) is 0 Å². The SMILES string of the molecule is CCC(C)(N)c1cc(F)c(N)c(F)c1. The zero-order chi connectivity index (χ0) is 10.9. The maximum absolute atomic E-state index is 13.1. The summed E-state index contributed by atoms with van der Waals surface area (Å²) >= 11 is 0. The van der Waals surface area contributed by atoms with Gasteiger partial charge in [0, 0.05) is 5.54 Å². The summed E-state index contributed by atoms with van der Waals surface area (Å²) in [6.45, 7) is 3.57. The minimum Gasteiger partial charge on any atom is -0.394 e. The van der Waals surface area contributed by atoms with Gasteiger partial charge in [-0.05, 0) is 31.0 Å². The molecule has 0 saturated carbocycles. The third-order valence-electron chi connectivity index (χ3n) is 2.47. The third-order valence-corrected chi connectivity index (χ3v) is 2.47. The van der Waals surface area contributed by atoms with E-state index in [1.54, 1.807) is 6.92 Å². The smallest absolute Gasteiger partial charge is 0.149 e. The van der Waals surface area contributed by atoms with Crippen molar-refractivity contribution in [2.24, 2.45) is 5.73 Å². The molecule has 4 N–H and O–H groups in total. The maximum Gasteiger partial charge on any atom is 0.149 e. The maximum atomic E-state index is 13.1. The second kappa shape index (κ2) is 3.53. The molecule has 14 heavy (non-hydrogen) atoms. The number of nitrogens with two attached hydrogens (primary N) is 2. The van der Waals surface area contributed by atoms with Gasteiger partial charge < -0.3 is 11.5 Å². The number of nitrogen functional groups attached to an aromatic ring is 1. The van der Waals surface area contributed by atoms with E-state index in [1.165, 1.54) is 12.1 Å². The van der Waals surface area contributed by atoms with Crippen LogP contribution in [0.4, 0.5) is 14.5 Å². The Bertz CT molecular complexity index is 325. The first kappa shape index (κ1) is 10.9. The number of hydrogen-bond donors (Lipinski definition) is 2. The van der Waals surface area contributed by atoms with Crippen molar-refractivity contribution < 1.29 is 8.78 Å². The molecule has 0 radical (unpaired) electrons. The Balaban J connectivity index is 3.26. The summed E-state index contributed by atoms with van der Waals surface area (Å²) in [7, 11) is 0. The second-order valence-electron chi connectivity index (χ2n) is 3.62. The molecule has 78 valence electrons. The van der Waals surface area contributed by atoms with Gasteiger partial charge in [0.25, 0.3) is 0 Å². The normalized spacial score (nSPS) is 15.2. The zero-order valence-electron chi connectivity index (χ0n) is 8.27. The molecule has 0 fully saturated rings. The average molecular weight is 200 g/mol. The fourth-order valence-corrected chi connectivity index (χ4v) is 1.12. The molecular formula is C10H14F2N2. The van der Waals surface area contributed by atoms with Gasteiger partial charge >= 0.3 is 0 Å². The Morgan fingerprint density at radius 1 is 1.29 bits per heavy atom. The summed E-state index contributed by atoms with van der Waals surface area (Å²) in [5.41, 5.74) is 10.2. The highest BCUT2D eigenvalue weighted by atomic mass is 19.1. The van der Waals surface area contributed by atoms with Crippen LogP contribution in [0.2, 0.25) is 0 Å². The van der Waals surface area contributed by atoms with E-state index in [-0.39, 0.29) is 0 Å². The van der Waals surface area contributed by atoms with E-state index < -0.39 is 22.9 Å². The summed E-state index contributed by atoms with van der Waals surface area (Å²) in [5.74, 6) is -1.52. The second-order valence-corrected chi connectivity index (χ2v) is 3.62. The van der Waals surface area contributed by atoms with Gasteiger partial charge in [0.2, 0.25) is 0 Å². The largest absolute Gasteiger partial charge is 0.394 e. The lowest BCUT2D eigenvalue weighted by atomic mass is 9.90. The van der Waals surface area contributed by atoms with E-state index in [9.17, 15) is 8.78 Å². The highest BCUT2D eigenvalue weighted by molar-refractivity contribution is 5.44. The quantitative estimate of drug-likeness (QED) is 0.718. The molecule has 0 aliphatic heterocycles. The first-order chi connectivity index (χ1) is 6.38. The molecule has 0 aliphatic carbocycles. The predicted molar refractivity (Wildman–Crippen MR) is 52.6 cm³/mol. The van der Waals surface area contributed by atoms with Crippen LogP contribution in [-0.4, -0.2) is 0 Å². The Kier molecular flexibility index (Phi) is 2.76. The highest BCUT2D eigenvalue weighted by Crippen LogP contribution is 2.26. The Morgan fingerprint density at radius 3 is 2.07 bits per heavy atom. The monoisotopic (exact) mass is 200 g/mol. The number of hydrogen-bond acceptors (Lipinski definition) is 2. The lowest BCUT2D eigenvalue weighted by Gasteiger charge is -2.23. The molecule has 1 aromatic carbocycles. The number of benzene rings is 1. The third kappa shape index (κ3) is 1.85. The molecule has 1 atom stereocenters. The number of halogens is 2. The van der Waals surface area contributed by atoms with Crippen LogP contribution in [0.5, 0.6) is 0 Å². The van der Waals surface area contributed by atoms with Crippen molar-refractivity contribution in [1.82, 2.24) is 0 Å². The Hall–Kier alpha value is -1.16. The molecule has 1 aromatic rings. The van der Waals surface area contributed by atoms with Crippen LogP contribution in [0.25, 0.3) is 0 Å². The fourth-order valence-electron chi connectivity index (χ4n) is 1.12. The molecule has 0 spiro atoms. The predicted octanol–water partition coefficient (Wildman–Crippen LogP) is 2.13. The Labute approximate surface area is 81.9 Å². The molecule has 0 amide bonds. The van der Waals surface area contributed by atoms with E-state index in [4.69, 9.17) is 11.5 Å². The van der Waals surface area contributed by atoms with Gasteiger partial charge in [-0.1, -0.05) is 6.92 Å². The molecule has 0 aliphatic rings. The molecule has 2 nitrogen and oxygen atoms in total. The van der Waals surface area contributed by atoms with Crippen molar-refractivity contribution in [3.63, 3.8) is 0 Å². The van der Waals surface area contributed by atoms with Crippen LogP contribution >= 0.6 is 0 Å². The molecular weight excluding hydrogens is 186 g/mol. The van der Waals surface area contributed by atoms with Gasteiger partial charge in [-0.3, -0.25) is 0 Å². The van der Waals surface area contributed by atoms with E-state index in [0.29, 0.717) is 12.0 Å². The summed E-state index contributed by atoms with van der Waals surface area (Å²) < 4.78 is 26.2. The first-order valence-electron chi connectivity index (χ1n) is 4.42. The minimum atomic E-state index is -0.759. The average Bonchev–Trinajstić information content (AvgIpc) is 2.13. The number of anilines is 1. The van der Waals surface area contributed by atoms with Gasteiger partial charge in [0.05, 0.1) is 0 Å². The Morgan fingerprint density at radius 2 is 1.71 bits per heavy atom.